The molecule has 8 aromatic carbocycles. The first kappa shape index (κ1) is 34.6. The van der Waals surface area contributed by atoms with Crippen LogP contribution >= 0.6 is 0 Å². The number of H-pyrrole nitrogens is 1. The van der Waals surface area contributed by atoms with Crippen LogP contribution in [0.25, 0.3) is 122 Å². The Labute approximate surface area is 355 Å². The Morgan fingerprint density at radius 1 is 0.516 bits per heavy atom. The third-order valence-corrected chi connectivity index (χ3v) is 12.8. The summed E-state index contributed by atoms with van der Waals surface area (Å²) >= 11 is 0. The standard InChI is InChI=1S/C56H37N5O/c1-33-30-48-53(34(2)52(33)35-14-4-3-5-15-35)42-27-25-36(31-47(42)61(48)51-24-10-11-29-57-51)38-18-13-22-46-55(38)59-56(43-20-12-19-41-39-16-6-8-21-45(39)58-54(41)43)60(46)37-26-28-50-44(32-37)40-17-7-9-23-49(40)62-50/h3-32,58H,1-2H3. The molecule has 5 heterocycles. The fourth-order valence-electron chi connectivity index (χ4n) is 10.2. The molecule has 5 aromatic heterocycles. The van der Waals surface area contributed by atoms with Crippen LogP contribution in [0.3, 0.4) is 0 Å². The number of aromatic amines is 1. The summed E-state index contributed by atoms with van der Waals surface area (Å²) in [6.45, 7) is 4.48. The van der Waals surface area contributed by atoms with Gasteiger partial charge in [-0.1, -0.05) is 109 Å². The summed E-state index contributed by atoms with van der Waals surface area (Å²) in [7, 11) is 0. The molecule has 6 heteroatoms. The fraction of sp³-hybridized carbons (Fsp3) is 0.0357. The lowest BCUT2D eigenvalue weighted by Gasteiger charge is -2.13. The number of imidazole rings is 1. The summed E-state index contributed by atoms with van der Waals surface area (Å²) in [4.78, 5) is 14.3. The largest absolute Gasteiger partial charge is 0.456 e. The first-order chi connectivity index (χ1) is 30.6. The van der Waals surface area contributed by atoms with Crippen molar-refractivity contribution in [2.24, 2.45) is 0 Å². The van der Waals surface area contributed by atoms with Crippen LogP contribution in [-0.2, 0) is 0 Å². The molecule has 0 amide bonds. The van der Waals surface area contributed by atoms with Crippen LogP contribution in [0.1, 0.15) is 11.1 Å². The fourth-order valence-corrected chi connectivity index (χ4v) is 10.2. The van der Waals surface area contributed by atoms with Crippen molar-refractivity contribution in [3.8, 4) is 45.1 Å². The lowest BCUT2D eigenvalue weighted by molar-refractivity contribution is 0.669. The van der Waals surface area contributed by atoms with Gasteiger partial charge in [-0.2, -0.15) is 0 Å². The van der Waals surface area contributed by atoms with Gasteiger partial charge in [-0.05, 0) is 108 Å². The van der Waals surface area contributed by atoms with E-state index in [1.807, 2.05) is 24.4 Å². The van der Waals surface area contributed by atoms with Crippen LogP contribution in [0.2, 0.25) is 0 Å². The minimum Gasteiger partial charge on any atom is -0.456 e. The number of rotatable bonds is 5. The molecule has 0 spiro atoms. The van der Waals surface area contributed by atoms with E-state index in [2.05, 4.69) is 186 Å². The van der Waals surface area contributed by atoms with E-state index in [4.69, 9.17) is 14.4 Å². The third-order valence-electron chi connectivity index (χ3n) is 12.8. The SMILES string of the molecule is Cc1cc2c(c(C)c1-c1ccccc1)c1ccc(-c3cccc4c3nc(-c3cccc5c3[nH]c3ccccc35)n4-c3ccc4oc5ccccc5c4c3)cc1n2-c1ccccn1. The minimum atomic E-state index is 0.859. The second-order valence-corrected chi connectivity index (χ2v) is 16.3. The second-order valence-electron chi connectivity index (χ2n) is 16.3. The molecule has 13 aromatic rings. The molecule has 0 bridgehead atoms. The number of benzene rings is 8. The predicted molar refractivity (Wildman–Crippen MR) is 256 cm³/mol. The normalized spacial score (nSPS) is 12.0. The van der Waals surface area contributed by atoms with Gasteiger partial charge in [0.15, 0.2) is 0 Å². The highest BCUT2D eigenvalue weighted by atomic mass is 16.3. The van der Waals surface area contributed by atoms with Crippen molar-refractivity contribution >= 4 is 76.6 Å². The summed E-state index contributed by atoms with van der Waals surface area (Å²) < 4.78 is 10.9. The molecule has 292 valence electrons. The van der Waals surface area contributed by atoms with Crippen molar-refractivity contribution in [3.05, 3.63) is 193 Å². The zero-order valence-corrected chi connectivity index (χ0v) is 34.0. The molecule has 0 aliphatic carbocycles. The van der Waals surface area contributed by atoms with Gasteiger partial charge in [-0.15, -0.1) is 0 Å². The second kappa shape index (κ2) is 13.1. The van der Waals surface area contributed by atoms with Crippen LogP contribution in [0, 0.1) is 13.8 Å². The third kappa shape index (κ3) is 4.98. The molecule has 0 aliphatic heterocycles. The molecule has 0 unspecified atom stereocenters. The number of para-hydroxylation sites is 4. The van der Waals surface area contributed by atoms with Gasteiger partial charge < -0.3 is 9.40 Å². The number of aromatic nitrogens is 5. The van der Waals surface area contributed by atoms with Crippen LogP contribution < -0.4 is 0 Å². The van der Waals surface area contributed by atoms with E-state index in [9.17, 15) is 0 Å². The Kier molecular flexibility index (Phi) is 7.34. The Bertz CT molecular complexity index is 3940. The molecule has 0 atom stereocenters. The van der Waals surface area contributed by atoms with E-state index in [1.165, 1.54) is 43.8 Å². The number of nitrogens with zero attached hydrogens (tertiary/aromatic N) is 4. The molecular formula is C56H37N5O. The molecular weight excluding hydrogens is 759 g/mol. The Balaban J connectivity index is 1.09. The summed E-state index contributed by atoms with van der Waals surface area (Å²) in [6.07, 6.45) is 1.88. The molecule has 13 rings (SSSR count). The molecule has 0 saturated carbocycles. The summed E-state index contributed by atoms with van der Waals surface area (Å²) in [5.74, 6) is 1.74. The van der Waals surface area contributed by atoms with Gasteiger partial charge >= 0.3 is 0 Å². The summed E-state index contributed by atoms with van der Waals surface area (Å²) in [5, 5.41) is 6.94. The van der Waals surface area contributed by atoms with Crippen LogP contribution in [0.4, 0.5) is 0 Å². The monoisotopic (exact) mass is 795 g/mol. The highest BCUT2D eigenvalue weighted by Gasteiger charge is 2.24. The maximum atomic E-state index is 6.30. The predicted octanol–water partition coefficient (Wildman–Crippen LogP) is 14.7. The van der Waals surface area contributed by atoms with E-state index in [-0.39, 0.29) is 0 Å². The van der Waals surface area contributed by atoms with Gasteiger partial charge in [0.25, 0.3) is 0 Å². The number of nitrogens with one attached hydrogen (secondary N) is 1. The molecule has 6 nitrogen and oxygen atoms in total. The van der Waals surface area contributed by atoms with Crippen LogP contribution in [0.5, 0.6) is 0 Å². The number of fused-ring (bicyclic) bond motifs is 10. The molecule has 0 aliphatic rings. The van der Waals surface area contributed by atoms with E-state index in [0.717, 1.165) is 89.1 Å². The number of pyridine rings is 1. The van der Waals surface area contributed by atoms with Crippen molar-refractivity contribution in [2.45, 2.75) is 13.8 Å². The smallest absolute Gasteiger partial charge is 0.147 e. The van der Waals surface area contributed by atoms with E-state index in [1.54, 1.807) is 0 Å². The van der Waals surface area contributed by atoms with Crippen molar-refractivity contribution in [3.63, 3.8) is 0 Å². The Morgan fingerprint density at radius 3 is 2.18 bits per heavy atom. The quantitative estimate of drug-likeness (QED) is 0.189. The number of furan rings is 1. The van der Waals surface area contributed by atoms with Gasteiger partial charge in [0.2, 0.25) is 0 Å². The molecule has 0 radical (unpaired) electrons. The average Bonchev–Trinajstić information content (AvgIpc) is 4.08. The van der Waals surface area contributed by atoms with Crippen molar-refractivity contribution in [1.29, 1.82) is 0 Å². The van der Waals surface area contributed by atoms with Crippen molar-refractivity contribution in [2.75, 3.05) is 0 Å². The summed E-state index contributed by atoms with van der Waals surface area (Å²) in [6, 6.07) is 62.4. The van der Waals surface area contributed by atoms with Gasteiger partial charge in [0, 0.05) is 60.8 Å². The van der Waals surface area contributed by atoms with E-state index < -0.39 is 0 Å². The van der Waals surface area contributed by atoms with Gasteiger partial charge in [0.05, 0.1) is 27.6 Å². The average molecular weight is 796 g/mol. The van der Waals surface area contributed by atoms with Gasteiger partial charge in [-0.25, -0.2) is 9.97 Å². The first-order valence-corrected chi connectivity index (χ1v) is 21.1. The summed E-state index contributed by atoms with van der Waals surface area (Å²) in [5.41, 5.74) is 17.2. The zero-order chi connectivity index (χ0) is 41.1. The first-order valence-electron chi connectivity index (χ1n) is 21.1. The van der Waals surface area contributed by atoms with E-state index >= 15 is 0 Å². The lowest BCUT2D eigenvalue weighted by atomic mass is 9.92. The number of aryl methyl sites for hydroxylation is 2. The van der Waals surface area contributed by atoms with E-state index in [0.29, 0.717) is 0 Å². The highest BCUT2D eigenvalue weighted by Crippen LogP contribution is 2.43. The molecule has 1 N–H and O–H groups in total. The topological polar surface area (TPSA) is 64.6 Å². The molecule has 0 fully saturated rings. The Morgan fingerprint density at radius 2 is 1.29 bits per heavy atom. The van der Waals surface area contributed by atoms with Crippen molar-refractivity contribution < 1.29 is 4.42 Å². The van der Waals surface area contributed by atoms with Crippen LogP contribution in [-0.4, -0.2) is 24.1 Å². The van der Waals surface area contributed by atoms with Crippen molar-refractivity contribution in [1.82, 2.24) is 24.1 Å². The van der Waals surface area contributed by atoms with Gasteiger partial charge in [-0.3, -0.25) is 9.13 Å². The van der Waals surface area contributed by atoms with Gasteiger partial charge in [0.1, 0.15) is 22.8 Å². The number of hydrogen-bond donors (Lipinski definition) is 1. The molecule has 0 saturated heterocycles. The maximum Gasteiger partial charge on any atom is 0.147 e. The van der Waals surface area contributed by atoms with Crippen LogP contribution in [0.15, 0.2) is 187 Å². The lowest BCUT2D eigenvalue weighted by Crippen LogP contribution is -1.98. The molecule has 62 heavy (non-hydrogen) atoms. The highest BCUT2D eigenvalue weighted by molar-refractivity contribution is 6.15. The zero-order valence-electron chi connectivity index (χ0n) is 34.0. The minimum absolute atomic E-state index is 0.859. The maximum absolute atomic E-state index is 6.30. The Hall–Kier alpha value is -8.22. The number of hydrogen-bond acceptors (Lipinski definition) is 3.